The van der Waals surface area contributed by atoms with E-state index < -0.39 is 0 Å². The average molecular weight is 201 g/mol. The Bertz CT molecular complexity index is 568. The summed E-state index contributed by atoms with van der Waals surface area (Å²) in [6, 6.07) is 5.92. The van der Waals surface area contributed by atoms with Gasteiger partial charge in [0.15, 0.2) is 0 Å². The maximum Gasteiger partial charge on any atom is 0.106 e. The first-order valence-electron chi connectivity index (χ1n) is 4.98. The van der Waals surface area contributed by atoms with Crippen LogP contribution in [0.25, 0.3) is 11.0 Å². The summed E-state index contributed by atoms with van der Waals surface area (Å²) in [7, 11) is 0. The molecule has 0 amide bonds. The average Bonchev–Trinajstić information content (AvgIpc) is 2.58. The third-order valence-electron chi connectivity index (χ3n) is 2.96. The van der Waals surface area contributed by atoms with Crippen molar-refractivity contribution in [2.45, 2.75) is 19.9 Å². The van der Waals surface area contributed by atoms with Gasteiger partial charge in [0.05, 0.1) is 16.7 Å². The number of hydrogen-bond acceptors (Lipinski definition) is 3. The van der Waals surface area contributed by atoms with Crippen LogP contribution in [0, 0.1) is 6.92 Å². The SMILES string of the molecule is Cc1nc2cccc3c2n1CC/C3=N\O. The zero-order valence-corrected chi connectivity index (χ0v) is 8.44. The molecule has 0 unspecified atom stereocenters. The van der Waals surface area contributed by atoms with Crippen LogP contribution in [-0.2, 0) is 6.54 Å². The molecule has 3 rings (SSSR count). The summed E-state index contributed by atoms with van der Waals surface area (Å²) in [5, 5.41) is 12.3. The molecule has 2 heterocycles. The Morgan fingerprint density at radius 1 is 1.47 bits per heavy atom. The Labute approximate surface area is 86.8 Å². The highest BCUT2D eigenvalue weighted by Crippen LogP contribution is 2.26. The van der Waals surface area contributed by atoms with Crippen LogP contribution in [0.5, 0.6) is 0 Å². The fourth-order valence-electron chi connectivity index (χ4n) is 2.26. The van der Waals surface area contributed by atoms with E-state index in [1.54, 1.807) is 0 Å². The van der Waals surface area contributed by atoms with Gasteiger partial charge in [0, 0.05) is 18.5 Å². The quantitative estimate of drug-likeness (QED) is 0.523. The molecule has 0 atom stereocenters. The van der Waals surface area contributed by atoms with Crippen molar-refractivity contribution in [3.63, 3.8) is 0 Å². The van der Waals surface area contributed by atoms with E-state index in [2.05, 4.69) is 14.7 Å². The van der Waals surface area contributed by atoms with Gasteiger partial charge in [0.2, 0.25) is 0 Å². The van der Waals surface area contributed by atoms with E-state index >= 15 is 0 Å². The summed E-state index contributed by atoms with van der Waals surface area (Å²) in [4.78, 5) is 4.48. The second-order valence-corrected chi connectivity index (χ2v) is 3.78. The molecule has 1 N–H and O–H groups in total. The predicted octanol–water partition coefficient (Wildman–Crippen LogP) is 1.93. The molecule has 0 saturated heterocycles. The molecular formula is C11H11N3O. The lowest BCUT2D eigenvalue weighted by molar-refractivity contribution is 0.317. The van der Waals surface area contributed by atoms with Crippen LogP contribution in [0.4, 0.5) is 0 Å². The maximum absolute atomic E-state index is 8.93. The lowest BCUT2D eigenvalue weighted by Crippen LogP contribution is -2.15. The molecule has 0 radical (unpaired) electrons. The van der Waals surface area contributed by atoms with Gasteiger partial charge in [-0.05, 0) is 13.0 Å². The second-order valence-electron chi connectivity index (χ2n) is 3.78. The van der Waals surface area contributed by atoms with Gasteiger partial charge in [-0.15, -0.1) is 0 Å². The van der Waals surface area contributed by atoms with Crippen molar-refractivity contribution in [3.8, 4) is 0 Å². The Balaban J connectivity index is 2.47. The first-order chi connectivity index (χ1) is 7.31. The van der Waals surface area contributed by atoms with Crippen LogP contribution in [0.2, 0.25) is 0 Å². The van der Waals surface area contributed by atoms with Crippen LogP contribution >= 0.6 is 0 Å². The molecule has 0 saturated carbocycles. The number of para-hydroxylation sites is 1. The highest BCUT2D eigenvalue weighted by Gasteiger charge is 2.20. The van der Waals surface area contributed by atoms with E-state index in [1.165, 1.54) is 0 Å². The van der Waals surface area contributed by atoms with Crippen molar-refractivity contribution in [1.29, 1.82) is 0 Å². The van der Waals surface area contributed by atoms with E-state index in [-0.39, 0.29) is 0 Å². The number of imidazole rings is 1. The smallest absolute Gasteiger partial charge is 0.106 e. The number of nitrogens with zero attached hydrogens (tertiary/aromatic N) is 3. The maximum atomic E-state index is 8.93. The first-order valence-corrected chi connectivity index (χ1v) is 4.98. The van der Waals surface area contributed by atoms with Crippen molar-refractivity contribution in [3.05, 3.63) is 29.6 Å². The van der Waals surface area contributed by atoms with Gasteiger partial charge in [-0.25, -0.2) is 4.98 Å². The second kappa shape index (κ2) is 2.82. The molecule has 4 nitrogen and oxygen atoms in total. The molecule has 15 heavy (non-hydrogen) atoms. The standard InChI is InChI=1S/C11H11N3O/c1-7-12-10-4-2-3-8-9(13-15)5-6-14(7)11(8)10/h2-4,15H,5-6H2,1H3/b13-9+. The molecule has 1 aliphatic rings. The number of benzene rings is 1. The minimum atomic E-state index is 0.757. The number of oxime groups is 1. The number of aromatic nitrogens is 2. The molecule has 0 spiro atoms. The monoisotopic (exact) mass is 201 g/mol. The van der Waals surface area contributed by atoms with Crippen LogP contribution in [0.1, 0.15) is 17.8 Å². The Kier molecular flexibility index (Phi) is 1.59. The van der Waals surface area contributed by atoms with Crippen molar-refractivity contribution in [1.82, 2.24) is 9.55 Å². The van der Waals surface area contributed by atoms with Gasteiger partial charge in [0.1, 0.15) is 5.82 Å². The fraction of sp³-hybridized carbons (Fsp3) is 0.273. The molecule has 1 aromatic carbocycles. The topological polar surface area (TPSA) is 50.4 Å². The van der Waals surface area contributed by atoms with E-state index in [4.69, 9.17) is 5.21 Å². The van der Waals surface area contributed by atoms with Gasteiger partial charge >= 0.3 is 0 Å². The van der Waals surface area contributed by atoms with Crippen molar-refractivity contribution in [2.75, 3.05) is 0 Å². The summed E-state index contributed by atoms with van der Waals surface area (Å²) < 4.78 is 2.18. The van der Waals surface area contributed by atoms with E-state index in [1.807, 2.05) is 25.1 Å². The number of hydrogen-bond donors (Lipinski definition) is 1. The van der Waals surface area contributed by atoms with Crippen LogP contribution < -0.4 is 0 Å². The fourth-order valence-corrected chi connectivity index (χ4v) is 2.26. The summed E-state index contributed by atoms with van der Waals surface area (Å²) in [5.74, 6) is 1.02. The molecule has 0 bridgehead atoms. The third kappa shape index (κ3) is 1.02. The number of rotatable bonds is 0. The van der Waals surface area contributed by atoms with Gasteiger partial charge < -0.3 is 9.77 Å². The normalized spacial score (nSPS) is 17.5. The van der Waals surface area contributed by atoms with Gasteiger partial charge in [-0.3, -0.25) is 0 Å². The molecule has 0 aliphatic carbocycles. The predicted molar refractivity (Wildman–Crippen MR) is 57.4 cm³/mol. The Hall–Kier alpha value is -1.84. The van der Waals surface area contributed by atoms with Gasteiger partial charge in [-0.2, -0.15) is 0 Å². The molecule has 1 aliphatic heterocycles. The summed E-state index contributed by atoms with van der Waals surface area (Å²) in [6.07, 6.45) is 0.764. The minimum absolute atomic E-state index is 0.757. The lowest BCUT2D eigenvalue weighted by atomic mass is 10.0. The highest BCUT2D eigenvalue weighted by atomic mass is 16.4. The van der Waals surface area contributed by atoms with Crippen LogP contribution in [-0.4, -0.2) is 20.5 Å². The summed E-state index contributed by atoms with van der Waals surface area (Å²) in [5.41, 5.74) is 3.83. The molecule has 4 heteroatoms. The zero-order chi connectivity index (χ0) is 10.4. The molecule has 2 aromatic rings. The van der Waals surface area contributed by atoms with E-state index in [0.29, 0.717) is 0 Å². The van der Waals surface area contributed by atoms with Gasteiger partial charge in [0.25, 0.3) is 0 Å². The van der Waals surface area contributed by atoms with Crippen molar-refractivity contribution >= 4 is 16.7 Å². The van der Waals surface area contributed by atoms with E-state index in [9.17, 15) is 0 Å². The Morgan fingerprint density at radius 3 is 3.13 bits per heavy atom. The third-order valence-corrected chi connectivity index (χ3v) is 2.96. The highest BCUT2D eigenvalue weighted by molar-refractivity contribution is 6.10. The molecule has 1 aromatic heterocycles. The van der Waals surface area contributed by atoms with Crippen LogP contribution in [0.15, 0.2) is 23.4 Å². The molecule has 76 valence electrons. The number of aryl methyl sites for hydroxylation is 2. The van der Waals surface area contributed by atoms with Crippen LogP contribution in [0.3, 0.4) is 0 Å². The lowest BCUT2D eigenvalue weighted by Gasteiger charge is -2.16. The first kappa shape index (κ1) is 8.47. The zero-order valence-electron chi connectivity index (χ0n) is 8.44. The minimum Gasteiger partial charge on any atom is -0.411 e. The Morgan fingerprint density at radius 2 is 2.33 bits per heavy atom. The van der Waals surface area contributed by atoms with Crippen molar-refractivity contribution in [2.24, 2.45) is 5.16 Å². The van der Waals surface area contributed by atoms with Gasteiger partial charge in [-0.1, -0.05) is 17.3 Å². The molecular weight excluding hydrogens is 190 g/mol. The van der Waals surface area contributed by atoms with Crippen molar-refractivity contribution < 1.29 is 5.21 Å². The summed E-state index contributed by atoms with van der Waals surface area (Å²) >= 11 is 0. The largest absolute Gasteiger partial charge is 0.411 e. The molecule has 0 fully saturated rings. The van der Waals surface area contributed by atoms with E-state index in [0.717, 1.165) is 41.1 Å². The summed E-state index contributed by atoms with van der Waals surface area (Å²) in [6.45, 7) is 2.85.